The van der Waals surface area contributed by atoms with Crippen molar-refractivity contribution >= 4 is 45.9 Å². The minimum atomic E-state index is -0.304. The highest BCUT2D eigenvalue weighted by Crippen LogP contribution is 2.34. The van der Waals surface area contributed by atoms with Crippen LogP contribution in [0.5, 0.6) is 11.6 Å². The maximum Gasteiger partial charge on any atom is 0.269 e. The number of benzene rings is 1. The van der Waals surface area contributed by atoms with E-state index in [1.165, 1.54) is 35.4 Å². The molecule has 1 saturated heterocycles. The number of pyridine rings is 1. The van der Waals surface area contributed by atoms with Gasteiger partial charge < -0.3 is 4.74 Å². The van der Waals surface area contributed by atoms with E-state index in [2.05, 4.69) is 11.9 Å². The van der Waals surface area contributed by atoms with Crippen LogP contribution in [0.15, 0.2) is 52.3 Å². The lowest BCUT2D eigenvalue weighted by Crippen LogP contribution is -2.29. The number of aryl methyl sites for hydroxylation is 2. The first-order chi connectivity index (χ1) is 17.4. The predicted octanol–water partition coefficient (Wildman–Crippen LogP) is 6.67. The SMILES string of the molecule is CCCCCCCCN1C(=O)/C(=C\c2c(Oc3ccc(C)cc3C)nc3ccccn3c2=O)SC1=S. The highest BCUT2D eigenvalue weighted by molar-refractivity contribution is 8.26. The number of fused-ring (bicyclic) bond motifs is 1. The molecule has 0 spiro atoms. The fraction of sp³-hybridized carbons (Fsp3) is 0.357. The molecule has 0 aliphatic carbocycles. The summed E-state index contributed by atoms with van der Waals surface area (Å²) in [5.41, 5.74) is 2.43. The summed E-state index contributed by atoms with van der Waals surface area (Å²) in [5.74, 6) is 0.603. The zero-order valence-corrected chi connectivity index (χ0v) is 22.6. The smallest absolute Gasteiger partial charge is 0.269 e. The summed E-state index contributed by atoms with van der Waals surface area (Å²) < 4.78 is 8.13. The second-order valence-electron chi connectivity index (χ2n) is 9.04. The number of thiocarbonyl (C=S) groups is 1. The van der Waals surface area contributed by atoms with Crippen LogP contribution in [0.2, 0.25) is 0 Å². The first kappa shape index (κ1) is 26.1. The summed E-state index contributed by atoms with van der Waals surface area (Å²) in [6, 6.07) is 11.2. The number of aromatic nitrogens is 2. The third-order valence-corrected chi connectivity index (χ3v) is 7.53. The van der Waals surface area contributed by atoms with Crippen molar-refractivity contribution in [2.24, 2.45) is 0 Å². The van der Waals surface area contributed by atoms with Crippen molar-refractivity contribution in [1.82, 2.24) is 14.3 Å². The van der Waals surface area contributed by atoms with E-state index in [-0.39, 0.29) is 22.9 Å². The Balaban J connectivity index is 1.64. The molecular weight excluding hydrogens is 490 g/mol. The van der Waals surface area contributed by atoms with Crippen molar-refractivity contribution in [3.63, 3.8) is 0 Å². The van der Waals surface area contributed by atoms with Crippen LogP contribution in [0.1, 0.15) is 62.1 Å². The molecule has 0 saturated carbocycles. The standard InChI is InChI=1S/C28H31N3O3S2/c1-4-5-6-7-8-10-16-31-27(33)23(36-28(31)35)18-21-25(34-22-14-13-19(2)17-20(22)3)29-24-12-9-11-15-30(24)26(21)32/h9,11-15,17-18H,4-8,10,16H2,1-3H3/b23-18+. The normalized spacial score (nSPS) is 14.9. The lowest BCUT2D eigenvalue weighted by molar-refractivity contribution is -0.122. The van der Waals surface area contributed by atoms with Crippen LogP contribution in [-0.2, 0) is 4.79 Å². The summed E-state index contributed by atoms with van der Waals surface area (Å²) in [6.07, 6.45) is 10.0. The zero-order valence-electron chi connectivity index (χ0n) is 21.0. The number of ether oxygens (including phenoxy) is 1. The molecule has 0 bridgehead atoms. The van der Waals surface area contributed by atoms with Crippen molar-refractivity contribution in [3.05, 3.63) is 74.5 Å². The summed E-state index contributed by atoms with van der Waals surface area (Å²) in [7, 11) is 0. The Morgan fingerprint density at radius 2 is 1.83 bits per heavy atom. The van der Waals surface area contributed by atoms with Crippen molar-refractivity contribution in [2.75, 3.05) is 6.54 Å². The van der Waals surface area contributed by atoms with E-state index >= 15 is 0 Å². The van der Waals surface area contributed by atoms with Gasteiger partial charge in [-0.15, -0.1) is 0 Å². The van der Waals surface area contributed by atoms with Gasteiger partial charge in [0.2, 0.25) is 5.88 Å². The third-order valence-electron chi connectivity index (χ3n) is 6.16. The molecule has 3 aromatic rings. The van der Waals surface area contributed by atoms with Crippen molar-refractivity contribution in [1.29, 1.82) is 0 Å². The van der Waals surface area contributed by atoms with Gasteiger partial charge in [-0.2, -0.15) is 4.98 Å². The molecule has 0 unspecified atom stereocenters. The molecule has 8 heteroatoms. The average Bonchev–Trinajstić information content (AvgIpc) is 3.12. The Morgan fingerprint density at radius 3 is 2.61 bits per heavy atom. The van der Waals surface area contributed by atoms with E-state index in [4.69, 9.17) is 17.0 Å². The summed E-state index contributed by atoms with van der Waals surface area (Å²) in [6.45, 7) is 6.75. The molecule has 1 amide bonds. The lowest BCUT2D eigenvalue weighted by Gasteiger charge is -2.14. The molecule has 0 N–H and O–H groups in total. The molecule has 3 heterocycles. The Hall–Kier alpha value is -2.97. The van der Waals surface area contributed by atoms with Gasteiger partial charge in [0.1, 0.15) is 21.3 Å². The first-order valence-corrected chi connectivity index (χ1v) is 13.6. The zero-order chi connectivity index (χ0) is 25.7. The molecule has 0 atom stereocenters. The average molecular weight is 522 g/mol. The van der Waals surface area contributed by atoms with Gasteiger partial charge in [-0.3, -0.25) is 18.9 Å². The van der Waals surface area contributed by atoms with E-state index in [1.54, 1.807) is 29.3 Å². The number of amides is 1. The topological polar surface area (TPSA) is 63.9 Å². The van der Waals surface area contributed by atoms with Crippen molar-refractivity contribution in [3.8, 4) is 11.6 Å². The minimum Gasteiger partial charge on any atom is -0.438 e. The van der Waals surface area contributed by atoms with Crippen LogP contribution in [0, 0.1) is 13.8 Å². The van der Waals surface area contributed by atoms with E-state index in [9.17, 15) is 9.59 Å². The van der Waals surface area contributed by atoms with Gasteiger partial charge in [0.15, 0.2) is 0 Å². The summed E-state index contributed by atoms with van der Waals surface area (Å²) in [5, 5.41) is 0. The van der Waals surface area contributed by atoms with Crippen molar-refractivity contribution in [2.45, 2.75) is 59.3 Å². The van der Waals surface area contributed by atoms with E-state index < -0.39 is 0 Å². The largest absolute Gasteiger partial charge is 0.438 e. The number of carbonyl (C=O) groups is 1. The van der Waals surface area contributed by atoms with E-state index in [0.717, 1.165) is 30.4 Å². The molecule has 1 fully saturated rings. The minimum absolute atomic E-state index is 0.166. The summed E-state index contributed by atoms with van der Waals surface area (Å²) in [4.78, 5) is 33.3. The molecule has 6 nitrogen and oxygen atoms in total. The number of unbranched alkanes of at least 4 members (excludes halogenated alkanes) is 5. The maximum atomic E-state index is 13.5. The Labute approximate surface area is 221 Å². The lowest BCUT2D eigenvalue weighted by atomic mass is 10.1. The molecule has 1 aliphatic heterocycles. The molecule has 36 heavy (non-hydrogen) atoms. The van der Waals surface area contributed by atoms with E-state index in [0.29, 0.717) is 27.2 Å². The predicted molar refractivity (Wildman–Crippen MR) is 151 cm³/mol. The third kappa shape index (κ3) is 5.87. The van der Waals surface area contributed by atoms with E-state index in [1.807, 2.05) is 38.1 Å². The Kier molecular flexibility index (Phi) is 8.59. The van der Waals surface area contributed by atoms with Gasteiger partial charge in [0.25, 0.3) is 11.5 Å². The molecule has 0 radical (unpaired) electrons. The van der Waals surface area contributed by atoms with Crippen LogP contribution in [0.4, 0.5) is 0 Å². The van der Waals surface area contributed by atoms with Crippen LogP contribution in [0.25, 0.3) is 11.7 Å². The summed E-state index contributed by atoms with van der Waals surface area (Å²) >= 11 is 6.72. The monoisotopic (exact) mass is 521 g/mol. The number of rotatable bonds is 10. The fourth-order valence-electron chi connectivity index (χ4n) is 4.18. The maximum absolute atomic E-state index is 13.5. The van der Waals surface area contributed by atoms with Gasteiger partial charge >= 0.3 is 0 Å². The van der Waals surface area contributed by atoms with Gasteiger partial charge in [-0.05, 0) is 50.1 Å². The van der Waals surface area contributed by atoms with Crippen LogP contribution < -0.4 is 10.3 Å². The molecule has 1 aromatic carbocycles. The highest BCUT2D eigenvalue weighted by Gasteiger charge is 2.32. The molecular formula is C28H31N3O3S2. The number of carbonyl (C=O) groups excluding carboxylic acids is 1. The van der Waals surface area contributed by atoms with Gasteiger partial charge in [0, 0.05) is 12.7 Å². The number of hydrogen-bond acceptors (Lipinski definition) is 6. The first-order valence-electron chi connectivity index (χ1n) is 12.4. The molecule has 2 aromatic heterocycles. The van der Waals surface area contributed by atoms with Gasteiger partial charge in [0.05, 0.1) is 4.91 Å². The number of nitrogens with zero attached hydrogens (tertiary/aromatic N) is 3. The van der Waals surface area contributed by atoms with Crippen LogP contribution in [0.3, 0.4) is 0 Å². The molecule has 188 valence electrons. The molecule has 1 aliphatic rings. The number of thioether (sulfide) groups is 1. The van der Waals surface area contributed by atoms with Gasteiger partial charge in [-0.1, -0.05) is 86.8 Å². The second kappa shape index (κ2) is 11.8. The van der Waals surface area contributed by atoms with Crippen LogP contribution >= 0.6 is 24.0 Å². The molecule has 4 rings (SSSR count). The van der Waals surface area contributed by atoms with Crippen LogP contribution in [-0.4, -0.2) is 31.1 Å². The quantitative estimate of drug-likeness (QED) is 0.169. The fourth-order valence-corrected chi connectivity index (χ4v) is 5.47. The number of hydrogen-bond donors (Lipinski definition) is 0. The van der Waals surface area contributed by atoms with Gasteiger partial charge in [-0.25, -0.2) is 0 Å². The Bertz CT molecular complexity index is 1380. The Morgan fingerprint density at radius 1 is 1.06 bits per heavy atom. The van der Waals surface area contributed by atoms with Crippen molar-refractivity contribution < 1.29 is 9.53 Å². The highest BCUT2D eigenvalue weighted by atomic mass is 32.2. The second-order valence-corrected chi connectivity index (χ2v) is 10.7.